The third-order valence-electron chi connectivity index (χ3n) is 6.32. The smallest absolute Gasteiger partial charge is 0.254 e. The van der Waals surface area contributed by atoms with Crippen molar-refractivity contribution in [3.8, 4) is 0 Å². The van der Waals surface area contributed by atoms with Gasteiger partial charge in [-0.2, -0.15) is 4.98 Å². The van der Waals surface area contributed by atoms with Crippen LogP contribution in [0.4, 0.5) is 17.5 Å². The lowest BCUT2D eigenvalue weighted by Crippen LogP contribution is -2.43. The van der Waals surface area contributed by atoms with E-state index in [4.69, 9.17) is 11.5 Å². The van der Waals surface area contributed by atoms with E-state index in [9.17, 15) is 9.59 Å². The Balaban J connectivity index is 2.06. The van der Waals surface area contributed by atoms with Crippen molar-refractivity contribution in [3.63, 3.8) is 0 Å². The number of rotatable bonds is 7. The third-order valence-corrected chi connectivity index (χ3v) is 6.32. The van der Waals surface area contributed by atoms with Crippen LogP contribution in [0.1, 0.15) is 82.3 Å². The summed E-state index contributed by atoms with van der Waals surface area (Å²) in [6.07, 6.45) is 3.84. The van der Waals surface area contributed by atoms with Gasteiger partial charge in [0.05, 0.1) is 0 Å². The van der Waals surface area contributed by atoms with E-state index in [1.807, 2.05) is 11.0 Å². The lowest BCUT2D eigenvalue weighted by Gasteiger charge is -2.31. The van der Waals surface area contributed by atoms with Gasteiger partial charge in [0.1, 0.15) is 17.2 Å². The molecule has 2 heterocycles. The summed E-state index contributed by atoms with van der Waals surface area (Å²) in [4.78, 5) is 35.2. The second-order valence-corrected chi connectivity index (χ2v) is 11.1. The van der Waals surface area contributed by atoms with E-state index in [-0.39, 0.29) is 28.2 Å². The molecule has 1 aromatic carbocycles. The van der Waals surface area contributed by atoms with Crippen molar-refractivity contribution in [1.29, 1.82) is 0 Å². The summed E-state index contributed by atoms with van der Waals surface area (Å²) in [5.41, 5.74) is 14.5. The minimum Gasteiger partial charge on any atom is -0.365 e. The number of hydrogen-bond donors (Lipinski definition) is 3. The molecule has 0 aliphatic carbocycles. The maximum absolute atomic E-state index is 12.2. The number of ketones is 1. The molecular weight excluding hydrogens is 428 g/mol. The normalized spacial score (nSPS) is 16.9. The van der Waals surface area contributed by atoms with E-state index >= 15 is 0 Å². The number of carbonyl (C=O) groups excluding carboxylic acids is 2. The van der Waals surface area contributed by atoms with Crippen LogP contribution >= 0.6 is 0 Å². The number of piperidine rings is 1. The maximum Gasteiger partial charge on any atom is 0.254 e. The average molecular weight is 467 g/mol. The summed E-state index contributed by atoms with van der Waals surface area (Å²) in [7, 11) is 0. The zero-order valence-electron chi connectivity index (χ0n) is 21.2. The fraction of sp³-hybridized carbons (Fsp3) is 0.538. The van der Waals surface area contributed by atoms with E-state index < -0.39 is 5.91 Å². The largest absolute Gasteiger partial charge is 0.365 e. The molecule has 0 radical (unpaired) electrons. The van der Waals surface area contributed by atoms with Gasteiger partial charge in [-0.25, -0.2) is 4.98 Å². The van der Waals surface area contributed by atoms with Crippen LogP contribution in [-0.2, 0) is 15.6 Å². The lowest BCUT2D eigenvalue weighted by atomic mass is 9.77. The molecule has 1 amide bonds. The van der Waals surface area contributed by atoms with Crippen molar-refractivity contribution >= 4 is 29.1 Å². The predicted octanol–water partition coefficient (Wildman–Crippen LogP) is 3.80. The van der Waals surface area contributed by atoms with E-state index in [1.54, 1.807) is 6.92 Å². The van der Waals surface area contributed by atoms with Gasteiger partial charge in [0.15, 0.2) is 0 Å². The number of nitrogens with one attached hydrogen (secondary N) is 1. The molecule has 3 rings (SSSR count). The van der Waals surface area contributed by atoms with Crippen LogP contribution in [0.5, 0.6) is 0 Å². The number of anilines is 3. The Labute approximate surface area is 202 Å². The summed E-state index contributed by atoms with van der Waals surface area (Å²) in [6.45, 7) is 13.7. The number of benzene rings is 1. The second kappa shape index (κ2) is 9.70. The van der Waals surface area contributed by atoms with Crippen molar-refractivity contribution in [2.45, 2.75) is 77.7 Å². The van der Waals surface area contributed by atoms with Crippen molar-refractivity contribution in [1.82, 2.24) is 9.97 Å². The van der Waals surface area contributed by atoms with Gasteiger partial charge in [-0.05, 0) is 53.9 Å². The third kappa shape index (κ3) is 6.11. The number of Topliss-reactive ketones (excluding diaryl/α,β-unsaturated/α-hetero) is 1. The Morgan fingerprint density at radius 1 is 1.15 bits per heavy atom. The molecule has 34 heavy (non-hydrogen) atoms. The highest BCUT2D eigenvalue weighted by Crippen LogP contribution is 2.35. The summed E-state index contributed by atoms with van der Waals surface area (Å²) in [5.74, 6) is 0.412. The molecule has 0 bridgehead atoms. The van der Waals surface area contributed by atoms with E-state index in [1.165, 1.54) is 6.20 Å². The molecule has 1 fully saturated rings. The van der Waals surface area contributed by atoms with Gasteiger partial charge < -0.3 is 21.7 Å². The second-order valence-electron chi connectivity index (χ2n) is 11.1. The van der Waals surface area contributed by atoms with E-state index in [2.05, 4.69) is 62.0 Å². The first-order valence-electron chi connectivity index (χ1n) is 11.9. The van der Waals surface area contributed by atoms with Crippen LogP contribution in [0.2, 0.25) is 0 Å². The van der Waals surface area contributed by atoms with Gasteiger partial charge in [-0.1, -0.05) is 40.7 Å². The monoisotopic (exact) mass is 466 g/mol. The predicted molar refractivity (Wildman–Crippen MR) is 137 cm³/mol. The van der Waals surface area contributed by atoms with E-state index in [0.29, 0.717) is 24.7 Å². The van der Waals surface area contributed by atoms with Crippen molar-refractivity contribution in [3.05, 3.63) is 41.1 Å². The number of nitrogens with zero attached hydrogens (tertiary/aromatic N) is 3. The number of hydrogen-bond acceptors (Lipinski definition) is 7. The van der Waals surface area contributed by atoms with Crippen LogP contribution in [0.15, 0.2) is 24.4 Å². The Morgan fingerprint density at radius 2 is 1.82 bits per heavy atom. The molecule has 1 atom stereocenters. The SMILES string of the molecule is CC(=O)CC(C)(C)c1cc(Nc2nc(N3CCC[C@H](N)C3)ncc2C(N)=O)cc(C(C)(C)C)c1. The molecular formula is C26H38N6O2. The molecule has 5 N–H and O–H groups in total. The Kier molecular flexibility index (Phi) is 7.31. The highest BCUT2D eigenvalue weighted by atomic mass is 16.1. The molecule has 0 saturated carbocycles. The number of nitrogens with two attached hydrogens (primary N) is 2. The van der Waals surface area contributed by atoms with Crippen LogP contribution < -0.4 is 21.7 Å². The standard InChI is InChI=1S/C26H38N6O2/c1-16(33)13-26(5,6)18-10-17(25(2,3)4)11-20(12-18)30-23-21(22(28)34)14-29-24(31-23)32-9-7-8-19(27)15-32/h10-12,14,19H,7-9,13,15,27H2,1-6H3,(H2,28,34)(H,29,30,31)/t19-/m0/s1. The van der Waals surface area contributed by atoms with Gasteiger partial charge in [-0.3, -0.25) is 9.59 Å². The van der Waals surface area contributed by atoms with Gasteiger partial charge in [0.25, 0.3) is 5.91 Å². The Bertz CT molecular complexity index is 1070. The highest BCUT2D eigenvalue weighted by molar-refractivity contribution is 5.98. The van der Waals surface area contributed by atoms with E-state index in [0.717, 1.165) is 36.2 Å². The molecule has 8 nitrogen and oxygen atoms in total. The Hall–Kier alpha value is -3.00. The van der Waals surface area contributed by atoms with Crippen LogP contribution in [0.25, 0.3) is 0 Å². The van der Waals surface area contributed by atoms with Gasteiger partial charge in [0, 0.05) is 37.4 Å². The van der Waals surface area contributed by atoms with Crippen molar-refractivity contribution in [2.24, 2.45) is 11.5 Å². The minimum atomic E-state index is -0.603. The van der Waals surface area contributed by atoms with Crippen LogP contribution in [0, 0.1) is 0 Å². The van der Waals surface area contributed by atoms with Gasteiger partial charge >= 0.3 is 0 Å². The summed E-state index contributed by atoms with van der Waals surface area (Å²) >= 11 is 0. The first kappa shape index (κ1) is 25.6. The first-order valence-corrected chi connectivity index (χ1v) is 11.9. The summed E-state index contributed by atoms with van der Waals surface area (Å²) in [6, 6.07) is 6.29. The molecule has 0 spiro atoms. The van der Waals surface area contributed by atoms with Gasteiger partial charge in [0.2, 0.25) is 5.95 Å². The minimum absolute atomic E-state index is 0.0686. The zero-order chi connectivity index (χ0) is 25.3. The quantitative estimate of drug-likeness (QED) is 0.566. The number of amides is 1. The fourth-order valence-electron chi connectivity index (χ4n) is 4.38. The van der Waals surface area contributed by atoms with Gasteiger partial charge in [-0.15, -0.1) is 0 Å². The lowest BCUT2D eigenvalue weighted by molar-refractivity contribution is -0.118. The topological polar surface area (TPSA) is 127 Å². The number of carbonyl (C=O) groups is 2. The van der Waals surface area contributed by atoms with Crippen LogP contribution in [0.3, 0.4) is 0 Å². The highest BCUT2D eigenvalue weighted by Gasteiger charge is 2.27. The summed E-state index contributed by atoms with van der Waals surface area (Å²) < 4.78 is 0. The number of aromatic nitrogens is 2. The van der Waals surface area contributed by atoms with Crippen molar-refractivity contribution < 1.29 is 9.59 Å². The number of primary amides is 1. The molecule has 2 aromatic rings. The Morgan fingerprint density at radius 3 is 2.41 bits per heavy atom. The zero-order valence-corrected chi connectivity index (χ0v) is 21.2. The molecule has 0 unspecified atom stereocenters. The molecule has 1 aromatic heterocycles. The molecule has 8 heteroatoms. The maximum atomic E-state index is 12.2. The fourth-order valence-corrected chi connectivity index (χ4v) is 4.38. The molecule has 1 aliphatic rings. The summed E-state index contributed by atoms with van der Waals surface area (Å²) in [5, 5.41) is 3.33. The molecule has 1 saturated heterocycles. The molecule has 1 aliphatic heterocycles. The van der Waals surface area contributed by atoms with Crippen molar-refractivity contribution in [2.75, 3.05) is 23.3 Å². The molecule has 184 valence electrons. The van der Waals surface area contributed by atoms with Crippen LogP contribution in [-0.4, -0.2) is 40.8 Å². The first-order chi connectivity index (χ1) is 15.8. The average Bonchev–Trinajstić information content (AvgIpc) is 2.72.